The minimum Gasteiger partial charge on any atom is -0.396 e. The normalized spacial score (nSPS) is 17.0. The van der Waals surface area contributed by atoms with Gasteiger partial charge in [-0.15, -0.1) is 0 Å². The molecule has 22 heavy (non-hydrogen) atoms. The molecule has 1 aliphatic heterocycles. The number of amides is 2. The minimum atomic E-state index is -0.201. The number of carbonyl (C=O) groups excluding carboxylic acids is 1. The molecule has 1 saturated heterocycles. The van der Waals surface area contributed by atoms with Crippen LogP contribution in [0.2, 0.25) is 5.02 Å². The molecule has 5 nitrogen and oxygen atoms in total. The number of nitrogens with one attached hydrogen (secondary N) is 2. The lowest BCUT2D eigenvalue weighted by Crippen LogP contribution is -2.47. The third-order valence-corrected chi connectivity index (χ3v) is 4.37. The molecule has 0 aliphatic carbocycles. The number of aliphatic hydroxyl groups excluding tert-OH is 1. The smallest absolute Gasteiger partial charge is 0.314 e. The molecule has 0 atom stereocenters. The molecule has 2 amide bonds. The summed E-state index contributed by atoms with van der Waals surface area (Å²) < 4.78 is 5.47. The number of carbonyl (C=O) groups is 1. The summed E-state index contributed by atoms with van der Waals surface area (Å²) in [5.41, 5.74) is 1.06. The predicted molar refractivity (Wildman–Crippen MR) is 86.3 cm³/mol. The summed E-state index contributed by atoms with van der Waals surface area (Å²) in [5.74, 6) is 0. The van der Waals surface area contributed by atoms with E-state index in [1.54, 1.807) is 0 Å². The van der Waals surface area contributed by atoms with Crippen molar-refractivity contribution in [1.29, 1.82) is 0 Å². The maximum Gasteiger partial charge on any atom is 0.314 e. The molecule has 1 aliphatic rings. The van der Waals surface area contributed by atoms with Crippen molar-refractivity contribution in [2.75, 3.05) is 32.9 Å². The van der Waals surface area contributed by atoms with Crippen molar-refractivity contribution in [3.8, 4) is 0 Å². The lowest BCUT2D eigenvalue weighted by molar-refractivity contribution is 0.0507. The zero-order chi connectivity index (χ0) is 15.8. The highest BCUT2D eigenvalue weighted by atomic mass is 35.5. The number of rotatable bonds is 6. The summed E-state index contributed by atoms with van der Waals surface area (Å²) in [5, 5.41) is 15.1. The molecule has 1 aromatic carbocycles. The van der Waals surface area contributed by atoms with Crippen LogP contribution in [-0.2, 0) is 10.2 Å². The van der Waals surface area contributed by atoms with Crippen molar-refractivity contribution in [2.45, 2.75) is 24.7 Å². The van der Waals surface area contributed by atoms with Crippen molar-refractivity contribution >= 4 is 17.6 Å². The first-order chi connectivity index (χ1) is 10.7. The highest BCUT2D eigenvalue weighted by Crippen LogP contribution is 2.34. The molecule has 0 saturated carbocycles. The fourth-order valence-electron chi connectivity index (χ4n) is 2.73. The van der Waals surface area contributed by atoms with Crippen molar-refractivity contribution in [2.24, 2.45) is 0 Å². The quantitative estimate of drug-likeness (QED) is 0.701. The van der Waals surface area contributed by atoms with Gasteiger partial charge in [-0.05, 0) is 37.0 Å². The summed E-state index contributed by atoms with van der Waals surface area (Å²) in [4.78, 5) is 11.8. The molecule has 1 heterocycles. The van der Waals surface area contributed by atoms with Crippen LogP contribution < -0.4 is 10.6 Å². The van der Waals surface area contributed by atoms with Crippen LogP contribution in [-0.4, -0.2) is 44.0 Å². The molecule has 0 unspecified atom stereocenters. The van der Waals surface area contributed by atoms with E-state index in [1.807, 2.05) is 24.3 Å². The Morgan fingerprint density at radius 2 is 1.91 bits per heavy atom. The molecular formula is C16H23ClN2O3. The molecule has 6 heteroatoms. The van der Waals surface area contributed by atoms with Crippen LogP contribution in [0, 0.1) is 0 Å². The van der Waals surface area contributed by atoms with E-state index >= 15 is 0 Å². The van der Waals surface area contributed by atoms with Gasteiger partial charge in [0.1, 0.15) is 0 Å². The van der Waals surface area contributed by atoms with E-state index in [1.165, 1.54) is 5.56 Å². The molecule has 2 rings (SSSR count). The molecule has 0 aromatic heterocycles. The van der Waals surface area contributed by atoms with Crippen LogP contribution in [0.25, 0.3) is 0 Å². The number of urea groups is 1. The van der Waals surface area contributed by atoms with Crippen LogP contribution in [0.3, 0.4) is 0 Å². The summed E-state index contributed by atoms with van der Waals surface area (Å²) in [6.45, 7) is 2.49. The SMILES string of the molecule is O=C(NCCCO)NCC1(c2ccc(Cl)cc2)CCOCC1. The van der Waals surface area contributed by atoms with Gasteiger partial charge in [0, 0.05) is 43.3 Å². The average Bonchev–Trinajstić information content (AvgIpc) is 2.55. The van der Waals surface area contributed by atoms with Gasteiger partial charge < -0.3 is 20.5 Å². The van der Waals surface area contributed by atoms with E-state index in [4.69, 9.17) is 21.4 Å². The first-order valence-corrected chi connectivity index (χ1v) is 8.00. The lowest BCUT2D eigenvalue weighted by Gasteiger charge is -2.38. The van der Waals surface area contributed by atoms with Gasteiger partial charge in [-0.1, -0.05) is 23.7 Å². The van der Waals surface area contributed by atoms with E-state index in [2.05, 4.69) is 10.6 Å². The van der Waals surface area contributed by atoms with E-state index in [0.717, 1.165) is 12.8 Å². The van der Waals surface area contributed by atoms with Gasteiger partial charge in [0.05, 0.1) is 0 Å². The average molecular weight is 327 g/mol. The van der Waals surface area contributed by atoms with Gasteiger partial charge in [0.2, 0.25) is 0 Å². The summed E-state index contributed by atoms with van der Waals surface area (Å²) >= 11 is 5.97. The molecule has 122 valence electrons. The largest absolute Gasteiger partial charge is 0.396 e. The summed E-state index contributed by atoms with van der Waals surface area (Å²) in [7, 11) is 0. The zero-order valence-corrected chi connectivity index (χ0v) is 13.4. The van der Waals surface area contributed by atoms with E-state index < -0.39 is 0 Å². The maximum atomic E-state index is 11.8. The zero-order valence-electron chi connectivity index (χ0n) is 12.6. The van der Waals surface area contributed by atoms with E-state index in [-0.39, 0.29) is 18.1 Å². The van der Waals surface area contributed by atoms with Crippen LogP contribution in [0.1, 0.15) is 24.8 Å². The third-order valence-electron chi connectivity index (χ3n) is 4.11. The molecule has 1 aromatic rings. The number of benzene rings is 1. The topological polar surface area (TPSA) is 70.6 Å². The molecule has 0 spiro atoms. The Labute approximate surface area is 136 Å². The fraction of sp³-hybridized carbons (Fsp3) is 0.562. The third kappa shape index (κ3) is 4.60. The number of ether oxygens (including phenoxy) is 1. The Hall–Kier alpha value is -1.30. The van der Waals surface area contributed by atoms with Crippen molar-refractivity contribution in [3.63, 3.8) is 0 Å². The van der Waals surface area contributed by atoms with E-state index in [9.17, 15) is 4.79 Å². The highest BCUT2D eigenvalue weighted by Gasteiger charge is 2.34. The van der Waals surface area contributed by atoms with Gasteiger partial charge in [0.25, 0.3) is 0 Å². The maximum absolute atomic E-state index is 11.8. The van der Waals surface area contributed by atoms with Crippen LogP contribution >= 0.6 is 11.6 Å². The Kier molecular flexibility index (Phi) is 6.49. The number of hydrogen-bond acceptors (Lipinski definition) is 3. The van der Waals surface area contributed by atoms with Gasteiger partial charge in [-0.2, -0.15) is 0 Å². The first-order valence-electron chi connectivity index (χ1n) is 7.63. The van der Waals surface area contributed by atoms with E-state index in [0.29, 0.717) is 37.7 Å². The second-order valence-electron chi connectivity index (χ2n) is 5.59. The Bertz CT molecular complexity index is 473. The van der Waals surface area contributed by atoms with Gasteiger partial charge in [0.15, 0.2) is 0 Å². The Morgan fingerprint density at radius 3 is 2.55 bits per heavy atom. The van der Waals surface area contributed by atoms with Gasteiger partial charge in [-0.3, -0.25) is 0 Å². The summed E-state index contributed by atoms with van der Waals surface area (Å²) in [6.07, 6.45) is 2.29. The Balaban J connectivity index is 2.00. The van der Waals surface area contributed by atoms with Crippen LogP contribution in [0.4, 0.5) is 4.79 Å². The Morgan fingerprint density at radius 1 is 1.23 bits per heavy atom. The predicted octanol–water partition coefficient (Wildman–Crippen LogP) is 2.07. The number of hydrogen-bond donors (Lipinski definition) is 3. The number of aliphatic hydroxyl groups is 1. The lowest BCUT2D eigenvalue weighted by atomic mass is 9.74. The first kappa shape index (κ1) is 17.1. The molecule has 0 bridgehead atoms. The second-order valence-corrected chi connectivity index (χ2v) is 6.02. The monoisotopic (exact) mass is 326 g/mol. The van der Waals surface area contributed by atoms with Crippen molar-refractivity contribution in [3.05, 3.63) is 34.9 Å². The minimum absolute atomic E-state index is 0.0757. The second kappa shape index (κ2) is 8.36. The van der Waals surface area contributed by atoms with Crippen molar-refractivity contribution < 1.29 is 14.6 Å². The van der Waals surface area contributed by atoms with Gasteiger partial charge >= 0.3 is 6.03 Å². The van der Waals surface area contributed by atoms with Gasteiger partial charge in [-0.25, -0.2) is 4.79 Å². The molecule has 0 radical (unpaired) electrons. The fourth-order valence-corrected chi connectivity index (χ4v) is 2.85. The summed E-state index contributed by atoms with van der Waals surface area (Å²) in [6, 6.07) is 7.62. The highest BCUT2D eigenvalue weighted by molar-refractivity contribution is 6.30. The molecule has 1 fully saturated rings. The van der Waals surface area contributed by atoms with Crippen LogP contribution in [0.15, 0.2) is 24.3 Å². The molecule has 3 N–H and O–H groups in total. The standard InChI is InChI=1S/C16H23ClN2O3/c17-14-4-2-13(3-5-14)16(6-10-22-11-7-16)12-19-15(21)18-8-1-9-20/h2-5,20H,1,6-12H2,(H2,18,19,21). The molecular weight excluding hydrogens is 304 g/mol. The van der Waals surface area contributed by atoms with Crippen LogP contribution in [0.5, 0.6) is 0 Å². The number of halogens is 1. The van der Waals surface area contributed by atoms with Crippen molar-refractivity contribution in [1.82, 2.24) is 10.6 Å².